The second-order valence-corrected chi connectivity index (χ2v) is 6.99. The second-order valence-electron chi connectivity index (χ2n) is 4.81. The van der Waals surface area contributed by atoms with Crippen LogP contribution in [-0.4, -0.2) is 44.1 Å². The molecule has 1 N–H and O–H groups in total. The van der Waals surface area contributed by atoms with Crippen molar-refractivity contribution in [2.75, 3.05) is 18.1 Å². The highest BCUT2D eigenvalue weighted by atomic mass is 32.2. The van der Waals surface area contributed by atoms with Crippen molar-refractivity contribution < 1.29 is 17.9 Å². The van der Waals surface area contributed by atoms with Gasteiger partial charge in [0.1, 0.15) is 6.61 Å². The summed E-state index contributed by atoms with van der Waals surface area (Å²) in [4.78, 5) is 11.5. The van der Waals surface area contributed by atoms with Gasteiger partial charge < -0.3 is 10.1 Å². The second kappa shape index (κ2) is 4.71. The lowest BCUT2D eigenvalue weighted by molar-refractivity contribution is -0.128. The summed E-state index contributed by atoms with van der Waals surface area (Å²) in [6, 6.07) is 0. The zero-order valence-electron chi connectivity index (χ0n) is 9.95. The maximum Gasteiger partial charge on any atom is 0.246 e. The Morgan fingerprint density at radius 3 is 2.56 bits per heavy atom. The van der Waals surface area contributed by atoms with Crippen LogP contribution in [0.15, 0.2) is 0 Å². The summed E-state index contributed by atoms with van der Waals surface area (Å²) in [5.74, 6) is -0.0873. The number of nitrogens with one attached hydrogen (secondary N) is 1. The number of rotatable bonds is 4. The van der Waals surface area contributed by atoms with Crippen molar-refractivity contribution in [1.29, 1.82) is 0 Å². The van der Waals surface area contributed by atoms with Crippen molar-refractivity contribution in [3.05, 3.63) is 0 Å². The largest absolute Gasteiger partial charge is 0.369 e. The monoisotopic (exact) mass is 249 g/mol. The molecule has 1 aliphatic rings. The summed E-state index contributed by atoms with van der Waals surface area (Å²) in [6.45, 7) is 5.42. The van der Waals surface area contributed by atoms with E-state index >= 15 is 0 Å². The van der Waals surface area contributed by atoms with E-state index in [-0.39, 0.29) is 30.1 Å². The maximum atomic E-state index is 11.5. The lowest BCUT2D eigenvalue weighted by Gasteiger charge is -2.24. The lowest BCUT2D eigenvalue weighted by atomic mass is 10.0. The van der Waals surface area contributed by atoms with Crippen LogP contribution in [-0.2, 0) is 19.4 Å². The molecule has 1 heterocycles. The molecule has 94 valence electrons. The summed E-state index contributed by atoms with van der Waals surface area (Å²) in [5, 5.41) is 2.72. The van der Waals surface area contributed by atoms with E-state index in [0.29, 0.717) is 6.42 Å². The molecule has 1 rings (SSSR count). The molecule has 1 amide bonds. The SMILES string of the molecule is CC(C)OCC(=O)NC1(C)CCS(=O)(=O)C1. The molecule has 6 heteroatoms. The van der Waals surface area contributed by atoms with Crippen LogP contribution in [0.4, 0.5) is 0 Å². The van der Waals surface area contributed by atoms with Gasteiger partial charge in [0.15, 0.2) is 9.84 Å². The Kier molecular flexibility index (Phi) is 3.96. The Morgan fingerprint density at radius 2 is 2.12 bits per heavy atom. The third-order valence-corrected chi connectivity index (χ3v) is 4.40. The summed E-state index contributed by atoms with van der Waals surface area (Å²) in [6.07, 6.45) is 0.466. The van der Waals surface area contributed by atoms with E-state index in [4.69, 9.17) is 4.74 Å². The predicted octanol–water partition coefficient (Wildman–Crippen LogP) is 0.105. The van der Waals surface area contributed by atoms with Crippen molar-refractivity contribution >= 4 is 15.7 Å². The molecule has 0 aromatic carbocycles. The predicted molar refractivity (Wildman–Crippen MR) is 60.9 cm³/mol. The molecule has 1 atom stereocenters. The van der Waals surface area contributed by atoms with Crippen LogP contribution in [0.1, 0.15) is 27.2 Å². The van der Waals surface area contributed by atoms with Crippen molar-refractivity contribution in [2.45, 2.75) is 38.8 Å². The molecule has 16 heavy (non-hydrogen) atoms. The summed E-state index contributed by atoms with van der Waals surface area (Å²) in [5.41, 5.74) is -0.629. The van der Waals surface area contributed by atoms with Crippen LogP contribution in [0, 0.1) is 0 Å². The Bertz CT molecular complexity index is 363. The standard InChI is InChI=1S/C10H19NO4S/c1-8(2)15-6-9(12)11-10(3)4-5-16(13,14)7-10/h8H,4-7H2,1-3H3,(H,11,12). The molecular formula is C10H19NO4S. The number of sulfone groups is 1. The van der Waals surface area contributed by atoms with Gasteiger partial charge in [0.2, 0.25) is 5.91 Å². The van der Waals surface area contributed by atoms with Gasteiger partial charge in [0, 0.05) is 0 Å². The number of carbonyl (C=O) groups excluding carboxylic acids is 1. The smallest absolute Gasteiger partial charge is 0.246 e. The minimum Gasteiger partial charge on any atom is -0.369 e. The maximum absolute atomic E-state index is 11.5. The average molecular weight is 249 g/mol. The normalized spacial score (nSPS) is 28.2. The molecule has 0 saturated carbocycles. The topological polar surface area (TPSA) is 72.5 Å². The van der Waals surface area contributed by atoms with Crippen molar-refractivity contribution in [2.24, 2.45) is 0 Å². The van der Waals surface area contributed by atoms with Crippen molar-refractivity contribution in [1.82, 2.24) is 5.32 Å². The molecule has 1 unspecified atom stereocenters. The van der Waals surface area contributed by atoms with Gasteiger partial charge in [0.25, 0.3) is 0 Å². The van der Waals surface area contributed by atoms with Gasteiger partial charge in [-0.25, -0.2) is 8.42 Å². The van der Waals surface area contributed by atoms with Crippen LogP contribution >= 0.6 is 0 Å². The van der Waals surface area contributed by atoms with E-state index in [1.54, 1.807) is 6.92 Å². The zero-order valence-corrected chi connectivity index (χ0v) is 10.8. The number of hydrogen-bond donors (Lipinski definition) is 1. The van der Waals surface area contributed by atoms with Gasteiger partial charge in [-0.2, -0.15) is 0 Å². The Hall–Kier alpha value is -0.620. The fourth-order valence-corrected chi connectivity index (χ4v) is 3.82. The molecule has 0 spiro atoms. The summed E-state index contributed by atoms with van der Waals surface area (Å²) < 4.78 is 27.8. The lowest BCUT2D eigenvalue weighted by Crippen LogP contribution is -2.48. The zero-order chi connectivity index (χ0) is 12.4. The highest BCUT2D eigenvalue weighted by Crippen LogP contribution is 2.22. The quantitative estimate of drug-likeness (QED) is 0.767. The minimum atomic E-state index is -2.99. The molecule has 1 aliphatic heterocycles. The van der Waals surface area contributed by atoms with E-state index in [9.17, 15) is 13.2 Å². The van der Waals surface area contributed by atoms with E-state index in [1.165, 1.54) is 0 Å². The van der Waals surface area contributed by atoms with Crippen LogP contribution in [0.5, 0.6) is 0 Å². The van der Waals surface area contributed by atoms with Crippen LogP contribution in [0.25, 0.3) is 0 Å². The first-order chi connectivity index (χ1) is 7.22. The third-order valence-electron chi connectivity index (χ3n) is 2.49. The van der Waals surface area contributed by atoms with Crippen LogP contribution in [0.2, 0.25) is 0 Å². The van der Waals surface area contributed by atoms with Gasteiger partial charge in [-0.3, -0.25) is 4.79 Å². The Morgan fingerprint density at radius 1 is 1.50 bits per heavy atom. The van der Waals surface area contributed by atoms with Gasteiger partial charge in [-0.1, -0.05) is 0 Å². The first-order valence-electron chi connectivity index (χ1n) is 5.35. The fraction of sp³-hybridized carbons (Fsp3) is 0.900. The molecule has 0 radical (unpaired) electrons. The number of amides is 1. The first kappa shape index (κ1) is 13.4. The Balaban J connectivity index is 2.45. The van der Waals surface area contributed by atoms with Gasteiger partial charge in [-0.05, 0) is 27.2 Å². The molecule has 0 bridgehead atoms. The minimum absolute atomic E-state index is 0.00846. The molecule has 1 saturated heterocycles. The first-order valence-corrected chi connectivity index (χ1v) is 7.18. The summed E-state index contributed by atoms with van der Waals surface area (Å²) >= 11 is 0. The van der Waals surface area contributed by atoms with Crippen molar-refractivity contribution in [3.63, 3.8) is 0 Å². The molecule has 0 aromatic rings. The number of hydrogen-bond acceptors (Lipinski definition) is 4. The molecular weight excluding hydrogens is 230 g/mol. The molecule has 1 fully saturated rings. The fourth-order valence-electron chi connectivity index (χ4n) is 1.72. The van der Waals surface area contributed by atoms with Gasteiger partial charge in [-0.15, -0.1) is 0 Å². The molecule has 0 aliphatic carbocycles. The summed E-state index contributed by atoms with van der Waals surface area (Å²) in [7, 11) is -2.99. The van der Waals surface area contributed by atoms with Gasteiger partial charge >= 0.3 is 0 Å². The van der Waals surface area contributed by atoms with Crippen LogP contribution < -0.4 is 5.32 Å². The van der Waals surface area contributed by atoms with Gasteiger partial charge in [0.05, 0.1) is 23.1 Å². The highest BCUT2D eigenvalue weighted by Gasteiger charge is 2.39. The molecule has 5 nitrogen and oxygen atoms in total. The third kappa shape index (κ3) is 4.09. The van der Waals surface area contributed by atoms with E-state index < -0.39 is 15.4 Å². The average Bonchev–Trinajstić information content (AvgIpc) is 2.37. The van der Waals surface area contributed by atoms with Crippen molar-refractivity contribution in [3.8, 4) is 0 Å². The number of carbonyl (C=O) groups is 1. The van der Waals surface area contributed by atoms with Crippen LogP contribution in [0.3, 0.4) is 0 Å². The number of ether oxygens (including phenoxy) is 1. The van der Waals surface area contributed by atoms with E-state index in [1.807, 2.05) is 13.8 Å². The van der Waals surface area contributed by atoms with E-state index in [0.717, 1.165) is 0 Å². The highest BCUT2D eigenvalue weighted by molar-refractivity contribution is 7.91. The molecule has 0 aromatic heterocycles. The Labute approximate surface area is 96.5 Å². The van der Waals surface area contributed by atoms with E-state index in [2.05, 4.69) is 5.32 Å².